The number of rotatable bonds is 5. The molecule has 0 aliphatic carbocycles. The van der Waals surface area contributed by atoms with Gasteiger partial charge < -0.3 is 15.5 Å². The molecule has 0 atom stereocenters. The lowest BCUT2D eigenvalue weighted by Crippen LogP contribution is -2.14. The molecule has 0 saturated carbocycles. The first-order valence-corrected chi connectivity index (χ1v) is 8.75. The molecule has 0 fully saturated rings. The van der Waals surface area contributed by atoms with Gasteiger partial charge in [0.2, 0.25) is 5.95 Å². The van der Waals surface area contributed by atoms with Crippen LogP contribution in [-0.2, 0) is 0 Å². The molecule has 3 rings (SSSR count). The highest BCUT2D eigenvalue weighted by atomic mass is 35.5. The van der Waals surface area contributed by atoms with Crippen molar-refractivity contribution < 1.29 is 4.79 Å². The Kier molecular flexibility index (Phi) is 5.57. The maximum absolute atomic E-state index is 12.4. The number of aromatic nitrogens is 2. The highest BCUT2D eigenvalue weighted by molar-refractivity contribution is 6.31. The van der Waals surface area contributed by atoms with Crippen LogP contribution in [0.15, 0.2) is 54.9 Å². The topological polar surface area (TPSA) is 70.2 Å². The van der Waals surface area contributed by atoms with Crippen LogP contribution in [0.25, 0.3) is 0 Å². The summed E-state index contributed by atoms with van der Waals surface area (Å²) >= 11 is 6.08. The highest BCUT2D eigenvalue weighted by Gasteiger charge is 2.10. The van der Waals surface area contributed by atoms with E-state index >= 15 is 0 Å². The van der Waals surface area contributed by atoms with E-state index in [4.69, 9.17) is 11.6 Å². The van der Waals surface area contributed by atoms with E-state index in [9.17, 15) is 4.79 Å². The summed E-state index contributed by atoms with van der Waals surface area (Å²) in [7, 11) is 3.97. The van der Waals surface area contributed by atoms with Crippen LogP contribution in [0.3, 0.4) is 0 Å². The summed E-state index contributed by atoms with van der Waals surface area (Å²) in [6, 6.07) is 13.3. The molecule has 7 heteroatoms. The molecule has 27 heavy (non-hydrogen) atoms. The lowest BCUT2D eigenvalue weighted by molar-refractivity contribution is 0.102. The molecule has 0 aliphatic heterocycles. The second kappa shape index (κ2) is 8.05. The molecule has 1 amide bonds. The third-order valence-corrected chi connectivity index (χ3v) is 4.48. The van der Waals surface area contributed by atoms with Crippen molar-refractivity contribution in [3.63, 3.8) is 0 Å². The van der Waals surface area contributed by atoms with Crippen LogP contribution in [0.1, 0.15) is 15.9 Å². The van der Waals surface area contributed by atoms with Gasteiger partial charge in [0.05, 0.1) is 5.56 Å². The van der Waals surface area contributed by atoms with Crippen molar-refractivity contribution in [1.29, 1.82) is 0 Å². The normalized spacial score (nSPS) is 10.4. The van der Waals surface area contributed by atoms with Gasteiger partial charge in [-0.3, -0.25) is 4.79 Å². The van der Waals surface area contributed by atoms with Gasteiger partial charge in [-0.05, 0) is 48.9 Å². The van der Waals surface area contributed by atoms with E-state index in [1.807, 2.05) is 50.2 Å². The average molecular weight is 382 g/mol. The number of amides is 1. The van der Waals surface area contributed by atoms with Gasteiger partial charge in [0, 0.05) is 48.6 Å². The highest BCUT2D eigenvalue weighted by Crippen LogP contribution is 2.23. The fraction of sp³-hybridized carbons (Fsp3) is 0.150. The number of hydrogen-bond donors (Lipinski definition) is 2. The molecular formula is C20H20ClN5O. The van der Waals surface area contributed by atoms with Crippen molar-refractivity contribution in [2.45, 2.75) is 6.92 Å². The SMILES string of the molecule is Cc1c(Cl)cccc1NC(=O)c1cnc(Nc2ccc(N(C)C)cc2)nc1. The molecule has 3 aromatic rings. The third-order valence-electron chi connectivity index (χ3n) is 4.07. The molecule has 6 nitrogen and oxygen atoms in total. The standard InChI is InChI=1S/C20H20ClN5O/c1-13-17(21)5-4-6-18(13)25-19(27)14-11-22-20(23-12-14)24-15-7-9-16(10-8-15)26(2)3/h4-12H,1-3H3,(H,25,27)(H,22,23,24). The Morgan fingerprint density at radius 1 is 1.04 bits per heavy atom. The van der Waals surface area contributed by atoms with E-state index in [-0.39, 0.29) is 5.91 Å². The fourth-order valence-electron chi connectivity index (χ4n) is 2.42. The molecule has 0 unspecified atom stereocenters. The van der Waals surface area contributed by atoms with Crippen LogP contribution < -0.4 is 15.5 Å². The number of hydrogen-bond acceptors (Lipinski definition) is 5. The number of halogens is 1. The summed E-state index contributed by atoms with van der Waals surface area (Å²) in [6.07, 6.45) is 2.97. The largest absolute Gasteiger partial charge is 0.378 e. The number of nitrogens with one attached hydrogen (secondary N) is 2. The Balaban J connectivity index is 1.67. The maximum atomic E-state index is 12.4. The van der Waals surface area contributed by atoms with E-state index in [0.717, 1.165) is 16.9 Å². The van der Waals surface area contributed by atoms with Gasteiger partial charge in [-0.2, -0.15) is 0 Å². The molecule has 1 heterocycles. The quantitative estimate of drug-likeness (QED) is 0.680. The lowest BCUT2D eigenvalue weighted by Gasteiger charge is -2.13. The average Bonchev–Trinajstić information content (AvgIpc) is 2.66. The van der Waals surface area contributed by atoms with Crippen LogP contribution in [0.4, 0.5) is 23.0 Å². The number of benzene rings is 2. The van der Waals surface area contributed by atoms with Gasteiger partial charge in [0.25, 0.3) is 5.91 Å². The predicted octanol–water partition coefficient (Wildman–Crippen LogP) is 4.50. The van der Waals surface area contributed by atoms with Crippen molar-refractivity contribution in [3.05, 3.63) is 71.0 Å². The zero-order chi connectivity index (χ0) is 19.4. The van der Waals surface area contributed by atoms with Crippen LogP contribution in [0, 0.1) is 6.92 Å². The third kappa shape index (κ3) is 4.54. The van der Waals surface area contributed by atoms with E-state index < -0.39 is 0 Å². The van der Waals surface area contributed by atoms with Crippen molar-refractivity contribution >= 4 is 40.5 Å². The molecule has 0 saturated heterocycles. The van der Waals surface area contributed by atoms with E-state index in [1.165, 1.54) is 12.4 Å². The van der Waals surface area contributed by atoms with Gasteiger partial charge in [0.1, 0.15) is 0 Å². The summed E-state index contributed by atoms with van der Waals surface area (Å²) < 4.78 is 0. The molecule has 138 valence electrons. The smallest absolute Gasteiger partial charge is 0.258 e. The number of carbonyl (C=O) groups excluding carboxylic acids is 1. The zero-order valence-electron chi connectivity index (χ0n) is 15.3. The van der Waals surface area contributed by atoms with Gasteiger partial charge >= 0.3 is 0 Å². The minimum atomic E-state index is -0.290. The first kappa shape index (κ1) is 18.7. The van der Waals surface area contributed by atoms with E-state index in [2.05, 4.69) is 20.6 Å². The fourth-order valence-corrected chi connectivity index (χ4v) is 2.59. The maximum Gasteiger partial charge on any atom is 0.258 e. The van der Waals surface area contributed by atoms with Crippen molar-refractivity contribution in [2.75, 3.05) is 29.6 Å². The molecule has 0 radical (unpaired) electrons. The second-order valence-electron chi connectivity index (χ2n) is 6.23. The molecule has 1 aromatic heterocycles. The Morgan fingerprint density at radius 2 is 1.70 bits per heavy atom. The number of carbonyl (C=O) groups is 1. The molecule has 0 spiro atoms. The molecule has 0 bridgehead atoms. The molecular weight excluding hydrogens is 362 g/mol. The summed E-state index contributed by atoms with van der Waals surface area (Å²) in [5.41, 5.74) is 3.81. The minimum absolute atomic E-state index is 0.290. The van der Waals surface area contributed by atoms with Crippen molar-refractivity contribution in [1.82, 2.24) is 9.97 Å². The van der Waals surface area contributed by atoms with Gasteiger partial charge in [0.15, 0.2) is 0 Å². The Morgan fingerprint density at radius 3 is 2.33 bits per heavy atom. The monoisotopic (exact) mass is 381 g/mol. The van der Waals surface area contributed by atoms with E-state index in [0.29, 0.717) is 22.2 Å². The Labute approximate surface area is 163 Å². The number of nitrogens with zero attached hydrogens (tertiary/aromatic N) is 3. The zero-order valence-corrected chi connectivity index (χ0v) is 16.1. The van der Waals surface area contributed by atoms with E-state index in [1.54, 1.807) is 18.2 Å². The van der Waals surface area contributed by atoms with Crippen molar-refractivity contribution in [2.24, 2.45) is 0 Å². The van der Waals surface area contributed by atoms with Gasteiger partial charge in [-0.25, -0.2) is 9.97 Å². The second-order valence-corrected chi connectivity index (χ2v) is 6.64. The summed E-state index contributed by atoms with van der Waals surface area (Å²) in [6.45, 7) is 1.85. The minimum Gasteiger partial charge on any atom is -0.378 e. The first-order valence-electron chi connectivity index (χ1n) is 8.37. The van der Waals surface area contributed by atoms with Crippen LogP contribution in [0.5, 0.6) is 0 Å². The lowest BCUT2D eigenvalue weighted by atomic mass is 10.2. The predicted molar refractivity (Wildman–Crippen MR) is 110 cm³/mol. The molecule has 0 aliphatic rings. The van der Waals surface area contributed by atoms with Gasteiger partial charge in [-0.15, -0.1) is 0 Å². The van der Waals surface area contributed by atoms with Crippen molar-refractivity contribution in [3.8, 4) is 0 Å². The van der Waals surface area contributed by atoms with Gasteiger partial charge in [-0.1, -0.05) is 17.7 Å². The van der Waals surface area contributed by atoms with Crippen LogP contribution in [0.2, 0.25) is 5.02 Å². The van der Waals surface area contributed by atoms with Crippen LogP contribution >= 0.6 is 11.6 Å². The number of anilines is 4. The molecule has 2 aromatic carbocycles. The Hall–Kier alpha value is -3.12. The Bertz CT molecular complexity index is 940. The first-order chi connectivity index (χ1) is 12.9. The summed E-state index contributed by atoms with van der Waals surface area (Å²) in [5, 5.41) is 6.54. The summed E-state index contributed by atoms with van der Waals surface area (Å²) in [5.74, 6) is 0.130. The summed E-state index contributed by atoms with van der Waals surface area (Å²) in [4.78, 5) is 22.8. The van der Waals surface area contributed by atoms with Crippen LogP contribution in [-0.4, -0.2) is 30.0 Å². The molecule has 2 N–H and O–H groups in total.